The first-order chi connectivity index (χ1) is 8.84. The quantitative estimate of drug-likeness (QED) is 0.671. The number of carbonyl (C=O) groups excluding carboxylic acids is 1. The second kappa shape index (κ2) is 3.35. The molecule has 0 aromatic heterocycles. The molecule has 3 aliphatic rings. The fraction of sp³-hybridized carbons (Fsp3) is 0.133. The van der Waals surface area contributed by atoms with Crippen molar-refractivity contribution < 1.29 is 14.3 Å². The van der Waals surface area contributed by atoms with Gasteiger partial charge in [0, 0.05) is 17.2 Å². The molecule has 0 fully saturated rings. The summed E-state index contributed by atoms with van der Waals surface area (Å²) in [7, 11) is 0. The molecule has 1 heterocycles. The first kappa shape index (κ1) is 9.71. The third-order valence-electron chi connectivity index (χ3n) is 3.48. The van der Waals surface area contributed by atoms with Gasteiger partial charge in [0.25, 0.3) is 0 Å². The fourth-order valence-corrected chi connectivity index (χ4v) is 2.63. The van der Waals surface area contributed by atoms with E-state index in [4.69, 9.17) is 9.47 Å². The Morgan fingerprint density at radius 1 is 1.17 bits per heavy atom. The number of allylic oxidation sites excluding steroid dienone is 4. The van der Waals surface area contributed by atoms with Crippen LogP contribution in [0.15, 0.2) is 35.9 Å². The van der Waals surface area contributed by atoms with Gasteiger partial charge < -0.3 is 9.47 Å². The number of hydrogen-bond donors (Lipinski definition) is 0. The lowest BCUT2D eigenvalue weighted by molar-refractivity contribution is -0.114. The topological polar surface area (TPSA) is 35.5 Å². The van der Waals surface area contributed by atoms with Gasteiger partial charge in [0.05, 0.1) is 0 Å². The van der Waals surface area contributed by atoms with Crippen molar-refractivity contribution in [3.63, 3.8) is 0 Å². The second-order valence-corrected chi connectivity index (χ2v) is 4.45. The molecule has 0 saturated heterocycles. The van der Waals surface area contributed by atoms with Gasteiger partial charge >= 0.3 is 0 Å². The molecule has 0 radical (unpaired) electrons. The highest BCUT2D eigenvalue weighted by molar-refractivity contribution is 6.12. The van der Waals surface area contributed by atoms with Crippen LogP contribution in [-0.4, -0.2) is 12.6 Å². The Hall–Kier alpha value is -2.29. The van der Waals surface area contributed by atoms with Gasteiger partial charge in [-0.15, -0.1) is 0 Å². The molecule has 0 spiro atoms. The minimum absolute atomic E-state index is 0.152. The Labute approximate surface area is 103 Å². The summed E-state index contributed by atoms with van der Waals surface area (Å²) < 4.78 is 10.9. The van der Waals surface area contributed by atoms with Crippen LogP contribution >= 0.6 is 0 Å². The smallest absolute Gasteiger partial charge is 0.231 e. The molecule has 0 saturated carbocycles. The van der Waals surface area contributed by atoms with Crippen LogP contribution in [0, 0.1) is 0 Å². The van der Waals surface area contributed by atoms with Gasteiger partial charge in [-0.25, -0.2) is 0 Å². The summed E-state index contributed by atoms with van der Waals surface area (Å²) >= 11 is 0. The molecular weight excluding hydrogens is 228 g/mol. The monoisotopic (exact) mass is 238 g/mol. The average Bonchev–Trinajstić information content (AvgIpc) is 3.01. The maximum Gasteiger partial charge on any atom is 0.231 e. The fourth-order valence-electron chi connectivity index (χ4n) is 2.63. The summed E-state index contributed by atoms with van der Waals surface area (Å²) in [6.07, 6.45) is 8.12. The molecule has 0 atom stereocenters. The van der Waals surface area contributed by atoms with E-state index in [1.165, 1.54) is 0 Å². The Morgan fingerprint density at radius 3 is 3.06 bits per heavy atom. The summed E-state index contributed by atoms with van der Waals surface area (Å²) in [5.41, 5.74) is 1.78. The van der Waals surface area contributed by atoms with E-state index in [1.54, 1.807) is 0 Å². The zero-order chi connectivity index (χ0) is 12.1. The predicted molar refractivity (Wildman–Crippen MR) is 66.5 cm³/mol. The maximum absolute atomic E-state index is 12.0. The molecule has 0 bridgehead atoms. The summed E-state index contributed by atoms with van der Waals surface area (Å²) in [6, 6.07) is 3.90. The number of Topliss-reactive ketones (excluding diaryl/α,β-unsaturated/α-hetero) is 1. The number of ether oxygens (including phenoxy) is 2. The lowest BCUT2D eigenvalue weighted by atomic mass is 10.0. The molecule has 18 heavy (non-hydrogen) atoms. The number of benzene rings is 1. The number of rotatable bonds is 0. The van der Waals surface area contributed by atoms with Crippen molar-refractivity contribution >= 4 is 17.4 Å². The normalized spacial score (nSPS) is 19.0. The maximum atomic E-state index is 12.0. The van der Waals surface area contributed by atoms with Crippen molar-refractivity contribution in [1.29, 1.82) is 0 Å². The number of fused-ring (bicyclic) bond motifs is 4. The Kier molecular flexibility index (Phi) is 1.81. The molecular formula is C15H10O3. The van der Waals surface area contributed by atoms with E-state index in [-0.39, 0.29) is 12.6 Å². The standard InChI is InChI=1S/C15H10O3/c16-13-6-4-12-10(9-2-1-3-11(9)13)5-7-14-15(12)18-8-17-14/h1-5,7H,6,8H2. The number of ketones is 1. The molecule has 1 aromatic carbocycles. The SMILES string of the molecule is O=C1CC=c2c3c(ccc2=C2C=CC=C12)OCO3. The molecule has 3 nitrogen and oxygen atoms in total. The molecule has 88 valence electrons. The largest absolute Gasteiger partial charge is 0.454 e. The third-order valence-corrected chi connectivity index (χ3v) is 3.48. The molecule has 0 unspecified atom stereocenters. The van der Waals surface area contributed by atoms with E-state index in [2.05, 4.69) is 0 Å². The van der Waals surface area contributed by atoms with Crippen molar-refractivity contribution in [1.82, 2.24) is 0 Å². The minimum atomic E-state index is 0.152. The molecule has 2 aliphatic carbocycles. The van der Waals surface area contributed by atoms with E-state index >= 15 is 0 Å². The first-order valence-corrected chi connectivity index (χ1v) is 5.89. The van der Waals surface area contributed by atoms with Crippen molar-refractivity contribution in [2.24, 2.45) is 0 Å². The van der Waals surface area contributed by atoms with Gasteiger partial charge in [-0.2, -0.15) is 0 Å². The van der Waals surface area contributed by atoms with Gasteiger partial charge in [0.2, 0.25) is 6.79 Å². The molecule has 1 aromatic rings. The summed E-state index contributed by atoms with van der Waals surface area (Å²) in [6.45, 7) is 0.251. The number of carbonyl (C=O) groups is 1. The first-order valence-electron chi connectivity index (χ1n) is 5.89. The zero-order valence-electron chi connectivity index (χ0n) is 9.60. The third kappa shape index (κ3) is 1.16. The highest BCUT2D eigenvalue weighted by atomic mass is 16.7. The molecule has 4 rings (SSSR count). The van der Waals surface area contributed by atoms with Crippen molar-refractivity contribution in [2.75, 3.05) is 6.79 Å². The van der Waals surface area contributed by atoms with Crippen LogP contribution in [-0.2, 0) is 4.79 Å². The van der Waals surface area contributed by atoms with Gasteiger partial charge in [0.1, 0.15) is 0 Å². The molecule has 1 aliphatic heterocycles. The Balaban J connectivity index is 2.18. The molecule has 0 N–H and O–H groups in total. The lowest BCUT2D eigenvalue weighted by Crippen LogP contribution is -2.26. The average molecular weight is 238 g/mol. The van der Waals surface area contributed by atoms with E-state index in [1.807, 2.05) is 36.4 Å². The molecule has 3 heteroatoms. The van der Waals surface area contributed by atoms with Crippen LogP contribution in [0.25, 0.3) is 11.6 Å². The van der Waals surface area contributed by atoms with E-state index in [0.717, 1.165) is 33.1 Å². The number of hydrogen-bond acceptors (Lipinski definition) is 3. The molecule has 0 amide bonds. The van der Waals surface area contributed by atoms with Crippen LogP contribution in [0.2, 0.25) is 0 Å². The van der Waals surface area contributed by atoms with Crippen LogP contribution in [0.5, 0.6) is 11.5 Å². The van der Waals surface area contributed by atoms with Crippen LogP contribution in [0.1, 0.15) is 6.42 Å². The summed E-state index contributed by atoms with van der Waals surface area (Å²) in [5, 5.41) is 2.02. The van der Waals surface area contributed by atoms with Gasteiger partial charge in [-0.1, -0.05) is 24.3 Å². The predicted octanol–water partition coefficient (Wildman–Crippen LogP) is 0.816. The summed E-state index contributed by atoms with van der Waals surface area (Å²) in [4.78, 5) is 12.0. The zero-order valence-corrected chi connectivity index (χ0v) is 9.60. The minimum Gasteiger partial charge on any atom is -0.454 e. The Bertz CT molecular complexity index is 751. The van der Waals surface area contributed by atoms with Gasteiger partial charge in [-0.05, 0) is 22.9 Å². The highest BCUT2D eigenvalue weighted by Crippen LogP contribution is 2.28. The summed E-state index contributed by atoms with van der Waals surface area (Å²) in [5.74, 6) is 1.67. The second-order valence-electron chi connectivity index (χ2n) is 4.45. The van der Waals surface area contributed by atoms with Crippen LogP contribution in [0.3, 0.4) is 0 Å². The Morgan fingerprint density at radius 2 is 2.11 bits per heavy atom. The van der Waals surface area contributed by atoms with Crippen LogP contribution < -0.4 is 19.9 Å². The van der Waals surface area contributed by atoms with E-state index in [9.17, 15) is 4.79 Å². The van der Waals surface area contributed by atoms with E-state index < -0.39 is 0 Å². The highest BCUT2D eigenvalue weighted by Gasteiger charge is 2.22. The van der Waals surface area contributed by atoms with Crippen LogP contribution in [0.4, 0.5) is 0 Å². The van der Waals surface area contributed by atoms with Crippen molar-refractivity contribution in [2.45, 2.75) is 6.42 Å². The van der Waals surface area contributed by atoms with Gasteiger partial charge in [-0.3, -0.25) is 4.79 Å². The lowest BCUT2D eigenvalue weighted by Gasteiger charge is -2.01. The van der Waals surface area contributed by atoms with E-state index in [0.29, 0.717) is 6.42 Å². The van der Waals surface area contributed by atoms with Crippen molar-refractivity contribution in [3.8, 4) is 11.5 Å². The van der Waals surface area contributed by atoms with Gasteiger partial charge in [0.15, 0.2) is 17.3 Å². The van der Waals surface area contributed by atoms with Crippen molar-refractivity contribution in [3.05, 3.63) is 46.4 Å².